The average Bonchev–Trinajstić information content (AvgIpc) is 3.65. The standard InChI is InChI=1S/C42H64FN3O3/c1-27(2)29-12-19-42(45-23-25-46-24-22-44-36(46)49)21-20-39(6)31(34(29)42)8-9-33-38(5)15-13-30(37(3,4)32(38)14-16-40(33,39)7)28-10-17-41(26-43,18-11-28)35(47)48/h10,13,29,31-34,45H,1,8-9,11-12,14-26H2,2-7H3,(H,44,49)(H,47,48)/t29?,31-,32+,33-,34-,38+,39-,40-,41+,42+/m1/s1. The van der Waals surface area contributed by atoms with Gasteiger partial charge in [0.15, 0.2) is 0 Å². The Labute approximate surface area is 295 Å². The first-order chi connectivity index (χ1) is 23.1. The monoisotopic (exact) mass is 677 g/mol. The second-order valence-corrected chi connectivity index (χ2v) is 19.2. The molecule has 0 aromatic rings. The average molecular weight is 678 g/mol. The summed E-state index contributed by atoms with van der Waals surface area (Å²) in [5.41, 5.74) is 3.64. The second-order valence-electron chi connectivity index (χ2n) is 19.2. The Hall–Kier alpha value is -2.15. The van der Waals surface area contributed by atoms with Crippen LogP contribution in [0.3, 0.4) is 0 Å². The van der Waals surface area contributed by atoms with Gasteiger partial charge in [-0.1, -0.05) is 58.9 Å². The van der Waals surface area contributed by atoms with Crippen LogP contribution in [0.5, 0.6) is 0 Å². The van der Waals surface area contributed by atoms with Crippen LogP contribution in [0.1, 0.15) is 119 Å². The Morgan fingerprint density at radius 3 is 2.41 bits per heavy atom. The highest BCUT2D eigenvalue weighted by Crippen LogP contribution is 2.76. The van der Waals surface area contributed by atoms with E-state index in [2.05, 4.69) is 70.9 Å². The molecule has 272 valence electrons. The summed E-state index contributed by atoms with van der Waals surface area (Å²) in [4.78, 5) is 26.2. The summed E-state index contributed by atoms with van der Waals surface area (Å²) in [6.07, 6.45) is 17.0. The van der Waals surface area contributed by atoms with Crippen molar-refractivity contribution >= 4 is 12.0 Å². The number of aliphatic carboxylic acids is 1. The minimum Gasteiger partial charge on any atom is -0.481 e. The fourth-order valence-electron chi connectivity index (χ4n) is 14.3. The van der Waals surface area contributed by atoms with Crippen LogP contribution in [0.15, 0.2) is 35.5 Å². The van der Waals surface area contributed by atoms with E-state index in [0.717, 1.165) is 32.6 Å². The van der Waals surface area contributed by atoms with E-state index >= 15 is 0 Å². The van der Waals surface area contributed by atoms with Gasteiger partial charge in [-0.2, -0.15) is 0 Å². The van der Waals surface area contributed by atoms with Gasteiger partial charge in [-0.3, -0.25) is 4.79 Å². The molecule has 1 aliphatic heterocycles. The highest BCUT2D eigenvalue weighted by atomic mass is 19.1. The number of nitrogens with zero attached hydrogens (tertiary/aromatic N) is 1. The van der Waals surface area contributed by atoms with Gasteiger partial charge in [-0.15, -0.1) is 0 Å². The molecule has 1 heterocycles. The van der Waals surface area contributed by atoms with Gasteiger partial charge in [0, 0.05) is 31.7 Å². The lowest BCUT2D eigenvalue weighted by molar-refractivity contribution is -0.221. The van der Waals surface area contributed by atoms with Gasteiger partial charge in [0.25, 0.3) is 0 Å². The molecule has 1 saturated heterocycles. The van der Waals surface area contributed by atoms with Crippen molar-refractivity contribution in [2.75, 3.05) is 32.9 Å². The van der Waals surface area contributed by atoms with Crippen molar-refractivity contribution in [1.82, 2.24) is 15.5 Å². The zero-order valence-electron chi connectivity index (χ0n) is 31.4. The molecule has 0 aromatic carbocycles. The number of halogens is 1. The third-order valence-corrected chi connectivity index (χ3v) is 17.1. The topological polar surface area (TPSA) is 81.7 Å². The molecule has 3 N–H and O–H groups in total. The number of allylic oxidation sites excluding steroid dienone is 5. The van der Waals surface area contributed by atoms with Gasteiger partial charge in [-0.05, 0) is 146 Å². The fraction of sp³-hybridized carbons (Fsp3) is 0.810. The minimum atomic E-state index is -1.25. The summed E-state index contributed by atoms with van der Waals surface area (Å²) >= 11 is 0. The molecule has 4 saturated carbocycles. The Morgan fingerprint density at radius 2 is 1.78 bits per heavy atom. The van der Waals surface area contributed by atoms with Gasteiger partial charge >= 0.3 is 12.0 Å². The molecule has 2 amide bonds. The fourth-order valence-corrected chi connectivity index (χ4v) is 14.3. The largest absolute Gasteiger partial charge is 0.481 e. The molecule has 10 atom stereocenters. The highest BCUT2D eigenvalue weighted by Gasteiger charge is 2.70. The van der Waals surface area contributed by atoms with Crippen molar-refractivity contribution in [2.24, 2.45) is 56.7 Å². The number of hydrogen-bond donors (Lipinski definition) is 3. The van der Waals surface area contributed by atoms with Crippen LogP contribution in [0.4, 0.5) is 9.18 Å². The molecular formula is C42H64FN3O3. The van der Waals surface area contributed by atoms with E-state index in [0.29, 0.717) is 48.9 Å². The summed E-state index contributed by atoms with van der Waals surface area (Å²) in [5, 5.41) is 16.9. The number of urea groups is 1. The van der Waals surface area contributed by atoms with Crippen molar-refractivity contribution in [1.29, 1.82) is 0 Å². The molecule has 7 aliphatic rings. The molecule has 0 aromatic heterocycles. The van der Waals surface area contributed by atoms with E-state index in [4.69, 9.17) is 0 Å². The number of carbonyl (C=O) groups excluding carboxylic acids is 1. The molecule has 7 rings (SSSR count). The Morgan fingerprint density at radius 1 is 1.00 bits per heavy atom. The van der Waals surface area contributed by atoms with Gasteiger partial charge < -0.3 is 20.6 Å². The number of carboxylic acid groups (broad SMARTS) is 1. The Kier molecular flexibility index (Phi) is 8.60. The molecule has 5 fully saturated rings. The maximum Gasteiger partial charge on any atom is 0.317 e. The number of nitrogens with one attached hydrogen (secondary N) is 2. The zero-order valence-corrected chi connectivity index (χ0v) is 31.4. The van der Waals surface area contributed by atoms with Crippen LogP contribution >= 0.6 is 0 Å². The lowest BCUT2D eigenvalue weighted by Crippen LogP contribution is -2.68. The van der Waals surface area contributed by atoms with E-state index in [1.807, 2.05) is 4.90 Å². The first-order valence-electron chi connectivity index (χ1n) is 19.7. The van der Waals surface area contributed by atoms with Crippen LogP contribution in [-0.2, 0) is 4.79 Å². The van der Waals surface area contributed by atoms with Crippen LogP contribution in [0.2, 0.25) is 0 Å². The SMILES string of the molecule is C=C(C)C1CC[C@]2(NCCN3CCNC3=O)CC[C@]3(C)[C@H](CC[C@@H]4[C@@]5(C)CC=C(C6=CC[C@](CF)(C(=O)O)CC6)C(C)(C)[C@@H]5CC[C@]43C)[C@@H]12. The number of alkyl halides is 1. The third kappa shape index (κ3) is 5.00. The molecule has 0 spiro atoms. The van der Waals surface area contributed by atoms with Crippen molar-refractivity contribution in [3.8, 4) is 0 Å². The van der Waals surface area contributed by atoms with Gasteiger partial charge in [0.2, 0.25) is 0 Å². The Bertz CT molecular complexity index is 1450. The third-order valence-electron chi connectivity index (χ3n) is 17.1. The van der Waals surface area contributed by atoms with E-state index in [1.54, 1.807) is 0 Å². The van der Waals surface area contributed by atoms with Crippen LogP contribution in [0.25, 0.3) is 0 Å². The van der Waals surface area contributed by atoms with E-state index < -0.39 is 18.1 Å². The van der Waals surface area contributed by atoms with Gasteiger partial charge in [0.05, 0.1) is 5.41 Å². The number of carboxylic acids is 1. The summed E-state index contributed by atoms with van der Waals surface area (Å²) in [5.74, 6) is 2.03. The lowest BCUT2D eigenvalue weighted by Gasteiger charge is -2.72. The van der Waals surface area contributed by atoms with Gasteiger partial charge in [-0.25, -0.2) is 9.18 Å². The van der Waals surface area contributed by atoms with E-state index in [1.165, 1.54) is 68.1 Å². The highest BCUT2D eigenvalue weighted by molar-refractivity contribution is 5.76. The maximum absolute atomic E-state index is 14.0. The predicted molar refractivity (Wildman–Crippen MR) is 194 cm³/mol. The first-order valence-corrected chi connectivity index (χ1v) is 19.7. The van der Waals surface area contributed by atoms with Crippen LogP contribution in [-0.4, -0.2) is 60.4 Å². The number of fused-ring (bicyclic) bond motifs is 7. The smallest absolute Gasteiger partial charge is 0.317 e. The molecule has 49 heavy (non-hydrogen) atoms. The Balaban J connectivity index is 1.16. The molecule has 6 nitrogen and oxygen atoms in total. The van der Waals surface area contributed by atoms with E-state index in [-0.39, 0.29) is 33.2 Å². The summed E-state index contributed by atoms with van der Waals surface area (Å²) in [7, 11) is 0. The first kappa shape index (κ1) is 35.3. The van der Waals surface area contributed by atoms with Crippen molar-refractivity contribution in [3.63, 3.8) is 0 Å². The molecule has 1 unspecified atom stereocenters. The number of rotatable bonds is 8. The maximum atomic E-state index is 14.0. The quantitative estimate of drug-likeness (QED) is 0.225. The number of carbonyl (C=O) groups is 2. The normalized spacial score (nSPS) is 45.7. The van der Waals surface area contributed by atoms with E-state index in [9.17, 15) is 19.1 Å². The van der Waals surface area contributed by atoms with Gasteiger partial charge in [0.1, 0.15) is 6.67 Å². The second kappa shape index (κ2) is 12.0. The molecule has 7 heteroatoms. The number of hydrogen-bond acceptors (Lipinski definition) is 3. The minimum absolute atomic E-state index is 0.00869. The van der Waals surface area contributed by atoms with Crippen molar-refractivity contribution < 1.29 is 19.1 Å². The predicted octanol–water partition coefficient (Wildman–Crippen LogP) is 8.70. The van der Waals surface area contributed by atoms with Crippen LogP contribution in [0, 0.1) is 56.7 Å². The van der Waals surface area contributed by atoms with Crippen LogP contribution < -0.4 is 10.6 Å². The summed E-state index contributed by atoms with van der Waals surface area (Å²) < 4.78 is 14.0. The van der Waals surface area contributed by atoms with Crippen molar-refractivity contribution in [3.05, 3.63) is 35.5 Å². The number of amides is 2. The molecule has 0 bridgehead atoms. The molecule has 6 aliphatic carbocycles. The summed E-state index contributed by atoms with van der Waals surface area (Å²) in [6.45, 7) is 22.2. The van der Waals surface area contributed by atoms with Crippen molar-refractivity contribution in [2.45, 2.75) is 124 Å². The summed E-state index contributed by atoms with van der Waals surface area (Å²) in [6, 6.07) is 0.0778. The molecular weight excluding hydrogens is 613 g/mol. The molecule has 0 radical (unpaired) electrons. The zero-order chi connectivity index (χ0) is 35.2. The lowest BCUT2D eigenvalue weighted by atomic mass is 9.33.